The lowest BCUT2D eigenvalue weighted by atomic mass is 9.71. The van der Waals surface area contributed by atoms with Crippen LogP contribution in [0.4, 0.5) is 35.4 Å². The van der Waals surface area contributed by atoms with Crippen molar-refractivity contribution in [3.8, 4) is 57.6 Å². The van der Waals surface area contributed by atoms with Gasteiger partial charge in [0.2, 0.25) is 77.0 Å². The van der Waals surface area contributed by atoms with Gasteiger partial charge in [0.15, 0.2) is 39.0 Å². The Labute approximate surface area is 817 Å². The Balaban J connectivity index is 0.000000123. The minimum absolute atomic E-state index is 0.00399. The highest BCUT2D eigenvalue weighted by Gasteiger charge is 2.41. The van der Waals surface area contributed by atoms with Gasteiger partial charge in [-0.1, -0.05) is 91.7 Å². The van der Waals surface area contributed by atoms with E-state index < -0.39 is 15.8 Å². The number of aromatic amines is 5. The summed E-state index contributed by atoms with van der Waals surface area (Å²) < 4.78 is 24.5. The molecular weight excluding hydrogens is 1860 g/mol. The van der Waals surface area contributed by atoms with Crippen LogP contribution in [0.5, 0.6) is 0 Å². The number of fused-ring (bicyclic) bond motifs is 1. The van der Waals surface area contributed by atoms with Crippen molar-refractivity contribution in [2.45, 2.75) is 134 Å². The predicted molar refractivity (Wildman–Crippen MR) is 525 cm³/mol. The monoisotopic (exact) mass is 1960 g/mol. The van der Waals surface area contributed by atoms with Gasteiger partial charge in [0, 0.05) is 131 Å². The van der Waals surface area contributed by atoms with Crippen LogP contribution >= 0.6 is 11.8 Å². The number of benzene rings is 2. The molecule has 728 valence electrons. The number of carbonyl (C=O) groups excluding carboxylic acids is 9. The van der Waals surface area contributed by atoms with Crippen molar-refractivity contribution >= 4 is 121 Å². The molecule has 21 rings (SSSR count). The van der Waals surface area contributed by atoms with Gasteiger partial charge in [0.25, 0.3) is 0 Å². The van der Waals surface area contributed by atoms with Crippen molar-refractivity contribution in [2.24, 2.45) is 33.9 Å². The van der Waals surface area contributed by atoms with Crippen molar-refractivity contribution in [1.82, 2.24) is 125 Å². The van der Waals surface area contributed by atoms with Gasteiger partial charge in [0.1, 0.15) is 34.3 Å². The lowest BCUT2D eigenvalue weighted by Crippen LogP contribution is -2.37. The number of hydrogen-bond acceptors (Lipinski definition) is 31. The maximum absolute atomic E-state index is 12.5. The van der Waals surface area contributed by atoms with E-state index in [4.69, 9.17) is 0 Å². The molecule has 3 unspecified atom stereocenters. The number of aromatic nitrogens is 23. The van der Waals surface area contributed by atoms with Crippen LogP contribution in [0.3, 0.4) is 0 Å². The second-order valence-corrected chi connectivity index (χ2v) is 37.6. The molecule has 0 spiro atoms. The number of aryl methyl sites for hydroxylation is 2. The maximum Gasteiger partial charge on any atom is 0.249 e. The van der Waals surface area contributed by atoms with Crippen LogP contribution in [0.25, 0.3) is 57.6 Å². The first kappa shape index (κ1) is 98.4. The summed E-state index contributed by atoms with van der Waals surface area (Å²) in [6, 6.07) is 51.5. The second kappa shape index (κ2) is 47.1. The van der Waals surface area contributed by atoms with Crippen molar-refractivity contribution in [3.63, 3.8) is 0 Å². The topological polar surface area (TPSA) is 585 Å². The molecule has 2 aliphatic carbocycles. The number of pyridine rings is 6. The first-order chi connectivity index (χ1) is 69.0. The van der Waals surface area contributed by atoms with Gasteiger partial charge in [-0.2, -0.15) is 40.2 Å². The van der Waals surface area contributed by atoms with Gasteiger partial charge >= 0.3 is 0 Å². The third-order valence-electron chi connectivity index (χ3n) is 23.8. The van der Waals surface area contributed by atoms with Crippen LogP contribution in [-0.4, -0.2) is 247 Å². The molecule has 46 heteroatoms. The second-order valence-electron chi connectivity index (χ2n) is 34.3. The van der Waals surface area contributed by atoms with E-state index in [2.05, 4.69) is 160 Å². The average Bonchev–Trinajstić information content (AvgIpc) is 1.76. The number of Topliss-reactive ketones (excluding diaryl/α,β-unsaturated/α-hetero) is 1. The average molecular weight is 1960 g/mol. The molecule has 0 bridgehead atoms. The van der Waals surface area contributed by atoms with E-state index in [1.54, 1.807) is 100.0 Å². The maximum atomic E-state index is 12.5. The van der Waals surface area contributed by atoms with Gasteiger partial charge in [0.05, 0.1) is 64.0 Å². The van der Waals surface area contributed by atoms with E-state index in [0.29, 0.717) is 133 Å². The number of amides is 8. The summed E-state index contributed by atoms with van der Waals surface area (Å²) in [4.78, 5) is 162. The Hall–Kier alpha value is -16.7. The lowest BCUT2D eigenvalue weighted by molar-refractivity contribution is -0.130. The summed E-state index contributed by atoms with van der Waals surface area (Å²) >= 11 is 1.54. The van der Waals surface area contributed by atoms with E-state index >= 15 is 0 Å². The molecule has 5 fully saturated rings. The van der Waals surface area contributed by atoms with Crippen LogP contribution < -0.4 is 31.5 Å². The Bertz CT molecular complexity index is 6880. The molecule has 17 heterocycles. The number of carbonyl (C=O) groups is 9. The number of nitrogens with one attached hydrogen (secondary N) is 10. The number of hydrogen-bond donors (Lipinski definition) is 10. The molecule has 5 aliphatic heterocycles. The van der Waals surface area contributed by atoms with E-state index in [1.165, 1.54) is 18.4 Å². The highest BCUT2D eigenvalue weighted by atomic mass is 32.2. The number of thioether (sulfide) groups is 1. The number of ketones is 1. The number of nitrogens with zero attached hydrogens (tertiary/aromatic N) is 23. The normalized spacial score (nSPS) is 17.6. The number of rotatable bonds is 26. The molecule has 3 saturated heterocycles. The van der Waals surface area contributed by atoms with E-state index in [0.717, 1.165) is 58.9 Å². The van der Waals surface area contributed by atoms with Crippen LogP contribution in [-0.2, 0) is 59.5 Å². The number of H-pyrrole nitrogens is 5. The first-order valence-electron chi connectivity index (χ1n) is 46.1. The molecule has 44 nitrogen and oxygen atoms in total. The fourth-order valence-corrected chi connectivity index (χ4v) is 19.0. The molecule has 8 amide bonds. The summed E-state index contributed by atoms with van der Waals surface area (Å²) in [5.74, 6) is 2.28. The molecule has 7 aliphatic rings. The fraction of sp³-hybridized carbons (Fsp3) is 0.312. The van der Waals surface area contributed by atoms with Crippen LogP contribution in [0.1, 0.15) is 120 Å². The van der Waals surface area contributed by atoms with Crippen molar-refractivity contribution < 1.29 is 51.6 Å². The smallest absolute Gasteiger partial charge is 0.249 e. The molecule has 12 aromatic heterocycles. The van der Waals surface area contributed by atoms with Crippen molar-refractivity contribution in [1.29, 1.82) is 0 Å². The zero-order valence-corrected chi connectivity index (χ0v) is 79.1. The summed E-state index contributed by atoms with van der Waals surface area (Å²) in [6.45, 7) is 7.66. The molecule has 2 saturated carbocycles. The summed E-state index contributed by atoms with van der Waals surface area (Å²) in [5, 5.41) is 59.3. The fourth-order valence-electron chi connectivity index (χ4n) is 16.4. The summed E-state index contributed by atoms with van der Waals surface area (Å²) in [7, 11) is -3.09. The van der Waals surface area contributed by atoms with Crippen LogP contribution in [0.2, 0.25) is 0 Å². The van der Waals surface area contributed by atoms with Gasteiger partial charge in [-0.25, -0.2) is 8.42 Å². The quantitative estimate of drug-likeness (QED) is 0.0241. The molecule has 0 radical (unpaired) electrons. The SMILES string of the molecule is CC(C)N1CC(C(=O)Nc2n[nH]c(-c3ccccn3)n2)CC1=O.Cc1cnn(CCC(=O)Nc2n[nH]c(-c3ccccn3)n2)c1.O=C(CCN1C(=O)CSc2ccccc21)CC1=NN=C(c2ccccn2)C1.O=C(Nc1n[nH]c(-c2ccccn2)n1)C1CC(=O)N(C2CCCC2)C1.O=C(Nc1n[nH]c(-c2ccccn2)n1)C1CC(c2ccccc2)C1.O=C(Nc1n[nH]c(-c2ccccn2)n1)C1CCS(=O)(=O)C1. The minimum Gasteiger partial charge on any atom is -0.339 e. The molecule has 10 N–H and O–H groups in total. The molecule has 2 aromatic carbocycles. The van der Waals surface area contributed by atoms with E-state index in [1.807, 2.05) is 153 Å². The lowest BCUT2D eigenvalue weighted by Gasteiger charge is -2.34. The number of likely N-dealkylation sites (tertiary alicyclic amines) is 2. The summed E-state index contributed by atoms with van der Waals surface area (Å²) in [5.41, 5.74) is 8.85. The Morgan fingerprint density at radius 1 is 0.472 bits per heavy atom. The van der Waals surface area contributed by atoms with E-state index in [9.17, 15) is 51.6 Å². The van der Waals surface area contributed by atoms with Crippen molar-refractivity contribution in [3.05, 3.63) is 230 Å². The standard InChI is InChI=1S/C20H18N4O2S.C18H17N5O.C17H20N6O2.C15H18N6O2.C14H15N7O.C12H13N5O3S/c25-15(11-14-12-17(23-22-14)16-5-3-4-9-21-16)8-10-24-18-6-1-2-7-19(18)27-13-20(24)26;24-17(14-10-13(11-14)12-6-2-1-3-7-12)21-18-20-16(22-23-18)15-8-4-5-9-19-15;24-14-9-11(10-23(14)12-5-1-2-6-12)16(25)20-17-19-15(21-22-17)13-7-3-4-8-18-13;1-9(2)21-8-10(7-12(21)22)14(23)18-15-17-13(19-20-15)11-5-3-4-6-16-11;1-10-8-16-21(9-10)7-5-12(22)17-14-18-13(19-20-14)11-4-2-3-6-15-11;18-11(8-4-6-21(19,20)7-8)15-12-14-10(16-17-12)9-3-1-2-5-13-9/h1-7,9H,8,10-13H2;1-9,13-14H,10-11H2,(H2,20,21,22,23,24);3-4,7-8,11-12H,1-2,5-6,9-10H2,(H2,19,20,21,22,25);3-6,9-10H,7-8H2,1-2H3,(H2,17,18,19,20,23);2-4,6,8-9H,5,7H2,1H3,(H2,17,18,19,20,22);1-3,5,8H,4,6-7H2,(H2,14,15,16,17,18). The third-order valence-corrected chi connectivity index (χ3v) is 26.6. The molecular formula is C96H101N33O11S2. The van der Waals surface area contributed by atoms with Gasteiger partial charge < -0.3 is 14.7 Å². The molecule has 142 heavy (non-hydrogen) atoms. The third kappa shape index (κ3) is 26.8. The Morgan fingerprint density at radius 3 is 1.37 bits per heavy atom. The van der Waals surface area contributed by atoms with Gasteiger partial charge in [-0.15, -0.1) is 37.3 Å². The summed E-state index contributed by atoms with van der Waals surface area (Å²) in [6.07, 6.45) is 22.1. The van der Waals surface area contributed by atoms with Crippen LogP contribution in [0.15, 0.2) is 228 Å². The molecule has 14 aromatic rings. The van der Waals surface area contributed by atoms with Gasteiger partial charge in [-0.3, -0.25) is 130 Å². The van der Waals surface area contributed by atoms with Crippen LogP contribution in [0, 0.1) is 30.6 Å². The number of anilines is 6. The van der Waals surface area contributed by atoms with Crippen molar-refractivity contribution in [2.75, 3.05) is 68.4 Å². The first-order valence-corrected chi connectivity index (χ1v) is 48.9. The van der Waals surface area contributed by atoms with Gasteiger partial charge in [-0.05, 0) is 155 Å². The Morgan fingerprint density at radius 2 is 0.915 bits per heavy atom. The minimum atomic E-state index is -3.09. The Kier molecular flexibility index (Phi) is 32.6. The predicted octanol–water partition coefficient (Wildman–Crippen LogP) is 10.4. The number of para-hydroxylation sites is 1. The molecule has 3 atom stereocenters. The highest BCUT2D eigenvalue weighted by molar-refractivity contribution is 8.00. The van der Waals surface area contributed by atoms with E-state index in [-0.39, 0.29) is 131 Å². The highest BCUT2D eigenvalue weighted by Crippen LogP contribution is 2.42. The zero-order chi connectivity index (χ0) is 98.9. The number of sulfone groups is 1. The zero-order valence-electron chi connectivity index (χ0n) is 77.5. The largest absolute Gasteiger partial charge is 0.339 e.